The van der Waals surface area contributed by atoms with Crippen molar-refractivity contribution in [3.8, 4) is 0 Å². The predicted octanol–water partition coefficient (Wildman–Crippen LogP) is 3.12. The standard InChI is InChI=1S/C14H15BrN2O4S2/c1-3-21-13(18)7-11-8-22-14(16-11)17-23(19,20)12-5-4-10(15)6-9(12)2/h4-6,8H,3,7H2,1-2H3,(H,16,17). The van der Waals surface area contributed by atoms with E-state index in [-0.39, 0.29) is 16.4 Å². The fraction of sp³-hybridized carbons (Fsp3) is 0.286. The Labute approximate surface area is 147 Å². The van der Waals surface area contributed by atoms with Crippen LogP contribution >= 0.6 is 27.3 Å². The van der Waals surface area contributed by atoms with Crippen LogP contribution in [-0.4, -0.2) is 26.0 Å². The van der Waals surface area contributed by atoms with Crippen molar-refractivity contribution in [3.05, 3.63) is 39.3 Å². The first-order valence-electron chi connectivity index (χ1n) is 6.71. The number of sulfonamides is 1. The number of aryl methyl sites for hydroxylation is 1. The van der Waals surface area contributed by atoms with Gasteiger partial charge in [0, 0.05) is 9.85 Å². The van der Waals surface area contributed by atoms with Crippen molar-refractivity contribution in [2.45, 2.75) is 25.2 Å². The molecule has 0 saturated carbocycles. The molecule has 0 radical (unpaired) electrons. The number of hydrogen-bond donors (Lipinski definition) is 1. The molecular formula is C14H15BrN2O4S2. The molecule has 1 aromatic carbocycles. The lowest BCUT2D eigenvalue weighted by Crippen LogP contribution is -2.14. The summed E-state index contributed by atoms with van der Waals surface area (Å²) < 4.78 is 32.9. The number of esters is 1. The zero-order valence-electron chi connectivity index (χ0n) is 12.5. The summed E-state index contributed by atoms with van der Waals surface area (Å²) in [5, 5.41) is 1.84. The summed E-state index contributed by atoms with van der Waals surface area (Å²) in [6.45, 7) is 3.73. The Balaban J connectivity index is 2.15. The molecule has 2 rings (SSSR count). The minimum absolute atomic E-state index is 0.0172. The van der Waals surface area contributed by atoms with E-state index < -0.39 is 16.0 Å². The molecule has 6 nitrogen and oxygen atoms in total. The molecule has 9 heteroatoms. The van der Waals surface area contributed by atoms with Gasteiger partial charge < -0.3 is 4.74 Å². The lowest BCUT2D eigenvalue weighted by Gasteiger charge is -2.08. The fourth-order valence-electron chi connectivity index (χ4n) is 1.88. The molecule has 0 fully saturated rings. The van der Waals surface area contributed by atoms with E-state index in [1.54, 1.807) is 31.4 Å². The SMILES string of the molecule is CCOC(=O)Cc1csc(NS(=O)(=O)c2ccc(Br)cc2C)n1. The lowest BCUT2D eigenvalue weighted by molar-refractivity contribution is -0.142. The highest BCUT2D eigenvalue weighted by Crippen LogP contribution is 2.24. The van der Waals surface area contributed by atoms with Gasteiger partial charge in [0.2, 0.25) is 0 Å². The van der Waals surface area contributed by atoms with E-state index in [9.17, 15) is 13.2 Å². The molecule has 2 aromatic rings. The van der Waals surface area contributed by atoms with E-state index in [0.29, 0.717) is 17.9 Å². The van der Waals surface area contributed by atoms with Crippen LogP contribution in [0.2, 0.25) is 0 Å². The minimum Gasteiger partial charge on any atom is -0.466 e. The average Bonchev–Trinajstić information content (AvgIpc) is 2.84. The van der Waals surface area contributed by atoms with Crippen LogP contribution < -0.4 is 4.72 Å². The van der Waals surface area contributed by atoms with Gasteiger partial charge in [-0.05, 0) is 37.6 Å². The quantitative estimate of drug-likeness (QED) is 0.728. The average molecular weight is 419 g/mol. The Morgan fingerprint density at radius 2 is 2.17 bits per heavy atom. The van der Waals surface area contributed by atoms with E-state index in [1.165, 1.54) is 6.07 Å². The second-order valence-corrected chi connectivity index (χ2v) is 8.07. The van der Waals surface area contributed by atoms with Gasteiger partial charge in [0.05, 0.1) is 23.6 Å². The Hall–Kier alpha value is -1.45. The number of aromatic nitrogens is 1. The Morgan fingerprint density at radius 3 is 2.83 bits per heavy atom. The Kier molecular flexibility index (Phi) is 5.77. The van der Waals surface area contributed by atoms with E-state index in [0.717, 1.165) is 15.8 Å². The van der Waals surface area contributed by atoms with Crippen LogP contribution in [-0.2, 0) is 26.0 Å². The summed E-state index contributed by atoms with van der Waals surface area (Å²) in [5.41, 5.74) is 1.09. The Bertz CT molecular complexity index is 818. The van der Waals surface area contributed by atoms with Gasteiger partial charge in [-0.3, -0.25) is 9.52 Å². The number of carbonyl (C=O) groups excluding carboxylic acids is 1. The first kappa shape index (κ1) is 17.9. The highest BCUT2D eigenvalue weighted by atomic mass is 79.9. The third kappa shape index (κ3) is 4.76. The summed E-state index contributed by atoms with van der Waals surface area (Å²) >= 11 is 4.42. The first-order chi connectivity index (χ1) is 10.8. The number of nitrogens with one attached hydrogen (secondary N) is 1. The molecule has 0 aliphatic rings. The number of ether oxygens (including phenoxy) is 1. The highest BCUT2D eigenvalue weighted by Gasteiger charge is 2.19. The maximum atomic E-state index is 12.4. The van der Waals surface area contributed by atoms with Gasteiger partial charge in [-0.1, -0.05) is 15.9 Å². The molecule has 0 unspecified atom stereocenters. The number of benzene rings is 1. The molecule has 0 spiro atoms. The van der Waals surface area contributed by atoms with E-state index in [4.69, 9.17) is 4.74 Å². The number of hydrogen-bond acceptors (Lipinski definition) is 6. The maximum Gasteiger partial charge on any atom is 0.311 e. The third-order valence-corrected chi connectivity index (χ3v) is 5.76. The van der Waals surface area contributed by atoms with Gasteiger partial charge in [-0.2, -0.15) is 0 Å². The zero-order valence-corrected chi connectivity index (χ0v) is 15.7. The van der Waals surface area contributed by atoms with Crippen LogP contribution in [0.15, 0.2) is 32.9 Å². The molecule has 124 valence electrons. The van der Waals surface area contributed by atoms with Crippen LogP contribution in [0, 0.1) is 6.92 Å². The van der Waals surface area contributed by atoms with Crippen LogP contribution in [0.4, 0.5) is 5.13 Å². The molecule has 0 amide bonds. The van der Waals surface area contributed by atoms with Gasteiger partial charge in [-0.15, -0.1) is 11.3 Å². The van der Waals surface area contributed by atoms with Crippen molar-refractivity contribution in [3.63, 3.8) is 0 Å². The largest absolute Gasteiger partial charge is 0.466 e. The number of halogens is 1. The molecule has 23 heavy (non-hydrogen) atoms. The van der Waals surface area contributed by atoms with Gasteiger partial charge >= 0.3 is 5.97 Å². The number of nitrogens with zero attached hydrogens (tertiary/aromatic N) is 1. The number of anilines is 1. The topological polar surface area (TPSA) is 85.4 Å². The van der Waals surface area contributed by atoms with Crippen LogP contribution in [0.3, 0.4) is 0 Å². The maximum absolute atomic E-state index is 12.4. The smallest absolute Gasteiger partial charge is 0.311 e. The molecule has 1 N–H and O–H groups in total. The van der Waals surface area contributed by atoms with Crippen LogP contribution in [0.1, 0.15) is 18.2 Å². The predicted molar refractivity (Wildman–Crippen MR) is 92.1 cm³/mol. The van der Waals surface area contributed by atoms with E-state index >= 15 is 0 Å². The van der Waals surface area contributed by atoms with E-state index in [1.807, 2.05) is 0 Å². The zero-order chi connectivity index (χ0) is 17.0. The number of thiazole rings is 1. The molecule has 1 aromatic heterocycles. The number of carbonyl (C=O) groups is 1. The molecular weight excluding hydrogens is 404 g/mol. The van der Waals surface area contributed by atoms with Gasteiger partial charge in [-0.25, -0.2) is 13.4 Å². The molecule has 0 bridgehead atoms. The lowest BCUT2D eigenvalue weighted by atomic mass is 10.2. The van der Waals surface area contributed by atoms with Gasteiger partial charge in [0.1, 0.15) is 0 Å². The van der Waals surface area contributed by atoms with Crippen LogP contribution in [0.25, 0.3) is 0 Å². The van der Waals surface area contributed by atoms with Crippen molar-refractivity contribution in [1.82, 2.24) is 4.98 Å². The summed E-state index contributed by atoms with van der Waals surface area (Å²) in [5.74, 6) is -0.393. The van der Waals surface area contributed by atoms with Crippen molar-refractivity contribution >= 4 is 48.4 Å². The van der Waals surface area contributed by atoms with Gasteiger partial charge in [0.25, 0.3) is 10.0 Å². The summed E-state index contributed by atoms with van der Waals surface area (Å²) in [7, 11) is -3.73. The third-order valence-electron chi connectivity index (χ3n) is 2.83. The van der Waals surface area contributed by atoms with Crippen molar-refractivity contribution in [2.75, 3.05) is 11.3 Å². The summed E-state index contributed by atoms with van der Waals surface area (Å²) in [6, 6.07) is 4.91. The van der Waals surface area contributed by atoms with Crippen molar-refractivity contribution < 1.29 is 17.9 Å². The second-order valence-electron chi connectivity index (χ2n) is 4.64. The fourth-order valence-corrected chi connectivity index (χ4v) is 4.55. The minimum atomic E-state index is -3.73. The second kappa shape index (κ2) is 7.41. The van der Waals surface area contributed by atoms with Crippen LogP contribution in [0.5, 0.6) is 0 Å². The van der Waals surface area contributed by atoms with Crippen molar-refractivity contribution in [2.24, 2.45) is 0 Å². The molecule has 0 atom stereocenters. The van der Waals surface area contributed by atoms with Gasteiger partial charge in [0.15, 0.2) is 5.13 Å². The molecule has 0 saturated heterocycles. The normalized spacial score (nSPS) is 11.3. The summed E-state index contributed by atoms with van der Waals surface area (Å²) in [6.07, 6.45) is 0.0172. The molecule has 0 aliphatic carbocycles. The monoisotopic (exact) mass is 418 g/mol. The highest BCUT2D eigenvalue weighted by molar-refractivity contribution is 9.10. The molecule has 0 aliphatic heterocycles. The van der Waals surface area contributed by atoms with E-state index in [2.05, 4.69) is 25.6 Å². The molecule has 1 heterocycles. The Morgan fingerprint density at radius 1 is 1.43 bits per heavy atom. The number of rotatable bonds is 6. The van der Waals surface area contributed by atoms with Crippen molar-refractivity contribution in [1.29, 1.82) is 0 Å². The first-order valence-corrected chi connectivity index (χ1v) is 9.86. The summed E-state index contributed by atoms with van der Waals surface area (Å²) in [4.78, 5) is 15.7.